The molecule has 1 aliphatic heterocycles. The molecule has 1 fully saturated rings. The number of amides is 1. The lowest BCUT2D eigenvalue weighted by atomic mass is 10.1. The van der Waals surface area contributed by atoms with Gasteiger partial charge in [-0.3, -0.25) is 15.1 Å². The van der Waals surface area contributed by atoms with Gasteiger partial charge in [-0.05, 0) is 18.4 Å². The molecule has 2 atom stereocenters. The summed E-state index contributed by atoms with van der Waals surface area (Å²) in [4.78, 5) is 13.6. The van der Waals surface area contributed by atoms with Crippen molar-refractivity contribution in [1.82, 2.24) is 10.3 Å². The number of benzene rings is 1. The SMILES string of the molecule is NNC(=O)C1CCC(CN(CCO)Cc2ccccc2)O1. The second kappa shape index (κ2) is 8.09. The molecule has 0 aliphatic carbocycles. The van der Waals surface area contributed by atoms with Crippen molar-refractivity contribution in [2.24, 2.45) is 5.84 Å². The van der Waals surface area contributed by atoms with Gasteiger partial charge in [-0.2, -0.15) is 0 Å². The molecule has 1 saturated heterocycles. The van der Waals surface area contributed by atoms with E-state index in [0.717, 1.165) is 13.0 Å². The number of aliphatic hydroxyl groups is 1. The van der Waals surface area contributed by atoms with Crippen LogP contribution >= 0.6 is 0 Å². The fourth-order valence-corrected chi connectivity index (χ4v) is 2.63. The van der Waals surface area contributed by atoms with Crippen LogP contribution in [0.3, 0.4) is 0 Å². The Hall–Kier alpha value is -1.47. The van der Waals surface area contributed by atoms with Crippen molar-refractivity contribution < 1.29 is 14.6 Å². The predicted molar refractivity (Wildman–Crippen MR) is 79.0 cm³/mol. The van der Waals surface area contributed by atoms with Gasteiger partial charge in [0.15, 0.2) is 0 Å². The van der Waals surface area contributed by atoms with E-state index >= 15 is 0 Å². The van der Waals surface area contributed by atoms with Crippen molar-refractivity contribution in [2.75, 3.05) is 19.7 Å². The van der Waals surface area contributed by atoms with Crippen LogP contribution in [0.5, 0.6) is 0 Å². The molecule has 1 heterocycles. The molecule has 116 valence electrons. The van der Waals surface area contributed by atoms with E-state index in [1.54, 1.807) is 0 Å². The summed E-state index contributed by atoms with van der Waals surface area (Å²) in [6.45, 7) is 2.15. The largest absolute Gasteiger partial charge is 0.395 e. The summed E-state index contributed by atoms with van der Waals surface area (Å²) in [6.07, 6.45) is 1.07. The number of nitrogens with zero attached hydrogens (tertiary/aromatic N) is 1. The van der Waals surface area contributed by atoms with E-state index in [4.69, 9.17) is 10.6 Å². The van der Waals surface area contributed by atoms with Gasteiger partial charge in [-0.25, -0.2) is 5.84 Å². The van der Waals surface area contributed by atoms with Crippen molar-refractivity contribution in [3.63, 3.8) is 0 Å². The zero-order chi connectivity index (χ0) is 15.1. The molecule has 0 aromatic heterocycles. The van der Waals surface area contributed by atoms with Crippen LogP contribution in [-0.2, 0) is 16.1 Å². The van der Waals surface area contributed by atoms with E-state index in [2.05, 4.69) is 22.5 Å². The van der Waals surface area contributed by atoms with Gasteiger partial charge < -0.3 is 9.84 Å². The van der Waals surface area contributed by atoms with Crippen LogP contribution in [0.1, 0.15) is 18.4 Å². The first kappa shape index (κ1) is 15.9. The molecule has 6 nitrogen and oxygen atoms in total. The summed E-state index contributed by atoms with van der Waals surface area (Å²) < 4.78 is 5.71. The quantitative estimate of drug-likeness (QED) is 0.375. The van der Waals surface area contributed by atoms with Crippen LogP contribution in [0, 0.1) is 0 Å². The highest BCUT2D eigenvalue weighted by molar-refractivity contribution is 5.80. The normalized spacial score (nSPS) is 21.7. The Morgan fingerprint density at radius 2 is 2.14 bits per heavy atom. The first-order chi connectivity index (χ1) is 10.2. The average Bonchev–Trinajstić information content (AvgIpc) is 2.96. The topological polar surface area (TPSA) is 87.8 Å². The molecule has 4 N–H and O–H groups in total. The molecule has 0 spiro atoms. The van der Waals surface area contributed by atoms with Crippen LogP contribution in [0.15, 0.2) is 30.3 Å². The summed E-state index contributed by atoms with van der Waals surface area (Å²) in [7, 11) is 0. The number of ether oxygens (including phenoxy) is 1. The summed E-state index contributed by atoms with van der Waals surface area (Å²) in [5.41, 5.74) is 3.32. The minimum Gasteiger partial charge on any atom is -0.395 e. The summed E-state index contributed by atoms with van der Waals surface area (Å²) >= 11 is 0. The third-order valence-corrected chi connectivity index (χ3v) is 3.67. The van der Waals surface area contributed by atoms with Crippen molar-refractivity contribution in [1.29, 1.82) is 0 Å². The number of rotatable bonds is 7. The van der Waals surface area contributed by atoms with E-state index in [1.807, 2.05) is 18.2 Å². The third kappa shape index (κ3) is 4.78. The Kier molecular flexibility index (Phi) is 6.13. The Morgan fingerprint density at radius 3 is 2.81 bits per heavy atom. The lowest BCUT2D eigenvalue weighted by Gasteiger charge is -2.24. The molecule has 1 aromatic rings. The maximum absolute atomic E-state index is 11.4. The van der Waals surface area contributed by atoms with Crippen molar-refractivity contribution >= 4 is 5.91 Å². The molecule has 1 aliphatic rings. The zero-order valence-electron chi connectivity index (χ0n) is 12.1. The van der Waals surface area contributed by atoms with Gasteiger partial charge in [0.1, 0.15) is 6.10 Å². The van der Waals surface area contributed by atoms with Crippen LogP contribution in [-0.4, -0.2) is 47.8 Å². The Bertz CT molecular complexity index is 441. The smallest absolute Gasteiger partial charge is 0.263 e. The van der Waals surface area contributed by atoms with Crippen LogP contribution in [0.2, 0.25) is 0 Å². The molecule has 21 heavy (non-hydrogen) atoms. The molecule has 2 unspecified atom stereocenters. The molecule has 0 bridgehead atoms. The number of hydrogen-bond donors (Lipinski definition) is 3. The minimum atomic E-state index is -0.451. The Labute approximate surface area is 124 Å². The Morgan fingerprint density at radius 1 is 1.38 bits per heavy atom. The first-order valence-electron chi connectivity index (χ1n) is 7.26. The van der Waals surface area contributed by atoms with E-state index in [9.17, 15) is 9.90 Å². The molecule has 1 aromatic carbocycles. The predicted octanol–water partition coefficient (Wildman–Crippen LogP) is 0.0184. The number of aliphatic hydroxyl groups excluding tert-OH is 1. The average molecular weight is 293 g/mol. The molecule has 1 amide bonds. The van der Waals surface area contributed by atoms with E-state index in [0.29, 0.717) is 19.5 Å². The second-order valence-electron chi connectivity index (χ2n) is 5.28. The minimum absolute atomic E-state index is 0.00237. The molecule has 0 saturated carbocycles. The fourth-order valence-electron chi connectivity index (χ4n) is 2.63. The highest BCUT2D eigenvalue weighted by Crippen LogP contribution is 2.21. The zero-order valence-corrected chi connectivity index (χ0v) is 12.1. The number of hydrogen-bond acceptors (Lipinski definition) is 5. The van der Waals surface area contributed by atoms with Crippen LogP contribution < -0.4 is 11.3 Å². The van der Waals surface area contributed by atoms with Crippen molar-refractivity contribution in [2.45, 2.75) is 31.6 Å². The van der Waals surface area contributed by atoms with Crippen LogP contribution in [0.4, 0.5) is 0 Å². The van der Waals surface area contributed by atoms with E-state index < -0.39 is 6.10 Å². The van der Waals surface area contributed by atoms with Crippen molar-refractivity contribution in [3.8, 4) is 0 Å². The Balaban J connectivity index is 1.87. The van der Waals surface area contributed by atoms with E-state index in [1.165, 1.54) is 5.56 Å². The van der Waals surface area contributed by atoms with Gasteiger partial charge in [0.2, 0.25) is 0 Å². The standard InChI is InChI=1S/C15H23N3O3/c16-17-15(20)14-7-6-13(21-14)11-18(8-9-19)10-12-4-2-1-3-5-12/h1-5,13-14,19H,6-11,16H2,(H,17,20). The van der Waals surface area contributed by atoms with Gasteiger partial charge in [-0.1, -0.05) is 30.3 Å². The molecular weight excluding hydrogens is 270 g/mol. The number of hydrazine groups is 1. The summed E-state index contributed by atoms with van der Waals surface area (Å²) in [5, 5.41) is 9.20. The first-order valence-corrected chi connectivity index (χ1v) is 7.26. The third-order valence-electron chi connectivity index (χ3n) is 3.67. The van der Waals surface area contributed by atoms with Gasteiger partial charge in [0.25, 0.3) is 5.91 Å². The van der Waals surface area contributed by atoms with Crippen molar-refractivity contribution in [3.05, 3.63) is 35.9 Å². The number of carbonyl (C=O) groups is 1. The molecule has 0 radical (unpaired) electrons. The number of carbonyl (C=O) groups excluding carboxylic acids is 1. The lowest BCUT2D eigenvalue weighted by molar-refractivity contribution is -0.132. The summed E-state index contributed by atoms with van der Waals surface area (Å²) in [6, 6.07) is 10.1. The van der Waals surface area contributed by atoms with E-state index in [-0.39, 0.29) is 18.6 Å². The van der Waals surface area contributed by atoms with Crippen LogP contribution in [0.25, 0.3) is 0 Å². The number of nitrogens with one attached hydrogen (secondary N) is 1. The maximum Gasteiger partial charge on any atom is 0.263 e. The highest BCUT2D eigenvalue weighted by atomic mass is 16.5. The monoisotopic (exact) mass is 293 g/mol. The van der Waals surface area contributed by atoms with Gasteiger partial charge >= 0.3 is 0 Å². The van der Waals surface area contributed by atoms with Gasteiger partial charge in [-0.15, -0.1) is 0 Å². The molecule has 2 rings (SSSR count). The highest BCUT2D eigenvalue weighted by Gasteiger charge is 2.31. The fraction of sp³-hybridized carbons (Fsp3) is 0.533. The second-order valence-corrected chi connectivity index (χ2v) is 5.28. The molecule has 6 heteroatoms. The molecular formula is C15H23N3O3. The van der Waals surface area contributed by atoms with Gasteiger partial charge in [0, 0.05) is 19.6 Å². The lowest BCUT2D eigenvalue weighted by Crippen LogP contribution is -2.40. The maximum atomic E-state index is 11.4. The summed E-state index contributed by atoms with van der Waals surface area (Å²) in [5.74, 6) is 4.86. The number of nitrogens with two attached hydrogens (primary N) is 1. The van der Waals surface area contributed by atoms with Gasteiger partial charge in [0.05, 0.1) is 12.7 Å².